The van der Waals surface area contributed by atoms with Gasteiger partial charge >= 0.3 is 0 Å². The summed E-state index contributed by atoms with van der Waals surface area (Å²) in [5, 5.41) is 5.24. The quantitative estimate of drug-likeness (QED) is 0.534. The molecule has 0 spiro atoms. The molecule has 4 heterocycles. The highest BCUT2D eigenvalue weighted by atomic mass is 32.2. The minimum atomic E-state index is 0.628. The van der Waals surface area contributed by atoms with Crippen molar-refractivity contribution in [3.8, 4) is 23.0 Å². The van der Waals surface area contributed by atoms with Crippen LogP contribution in [0.4, 0.5) is 0 Å². The second-order valence-electron chi connectivity index (χ2n) is 4.52. The Balaban J connectivity index is 1.95. The van der Waals surface area contributed by atoms with Crippen LogP contribution in [0, 0.1) is 0 Å². The number of hydrogen-bond donors (Lipinski definition) is 0. The third-order valence-electron chi connectivity index (χ3n) is 3.09. The van der Waals surface area contributed by atoms with E-state index in [2.05, 4.69) is 22.0 Å². The fourth-order valence-electron chi connectivity index (χ4n) is 2.17. The lowest BCUT2D eigenvalue weighted by atomic mass is 10.3. The number of nitrogens with zero attached hydrogens (tertiary/aromatic N) is 4. The van der Waals surface area contributed by atoms with E-state index in [9.17, 15) is 0 Å². The van der Waals surface area contributed by atoms with E-state index in [1.165, 1.54) is 0 Å². The van der Waals surface area contributed by atoms with Gasteiger partial charge in [-0.1, -0.05) is 18.7 Å². The van der Waals surface area contributed by atoms with Crippen molar-refractivity contribution in [1.82, 2.24) is 19.6 Å². The summed E-state index contributed by atoms with van der Waals surface area (Å²) in [5.74, 6) is 2.87. The van der Waals surface area contributed by atoms with Crippen LogP contribution in [-0.2, 0) is 0 Å². The van der Waals surface area contributed by atoms with Crippen molar-refractivity contribution < 1.29 is 8.83 Å². The Morgan fingerprint density at radius 2 is 1.86 bits per heavy atom. The summed E-state index contributed by atoms with van der Waals surface area (Å²) >= 11 is 1.58. The van der Waals surface area contributed by atoms with Gasteiger partial charge in [0.05, 0.1) is 12.5 Å². The summed E-state index contributed by atoms with van der Waals surface area (Å²) in [4.78, 5) is 9.09. The lowest BCUT2D eigenvalue weighted by Gasteiger charge is -2.03. The molecular formula is C15H12N4O2S. The van der Waals surface area contributed by atoms with Crippen molar-refractivity contribution in [1.29, 1.82) is 0 Å². The maximum Gasteiger partial charge on any atom is 0.201 e. The Hall–Kier alpha value is -2.54. The van der Waals surface area contributed by atoms with Gasteiger partial charge in [0.15, 0.2) is 22.3 Å². The first-order valence-electron chi connectivity index (χ1n) is 6.83. The smallest absolute Gasteiger partial charge is 0.201 e. The van der Waals surface area contributed by atoms with Gasteiger partial charge in [-0.2, -0.15) is 14.6 Å². The molecule has 22 heavy (non-hydrogen) atoms. The van der Waals surface area contributed by atoms with Crippen LogP contribution < -0.4 is 0 Å². The number of aromatic nitrogens is 4. The average molecular weight is 312 g/mol. The Labute approximate surface area is 130 Å². The molecular weight excluding hydrogens is 300 g/mol. The van der Waals surface area contributed by atoms with Gasteiger partial charge in [-0.25, -0.2) is 4.98 Å². The minimum Gasteiger partial charge on any atom is -0.463 e. The summed E-state index contributed by atoms with van der Waals surface area (Å²) in [6.45, 7) is 2.06. The van der Waals surface area contributed by atoms with Crippen molar-refractivity contribution in [2.24, 2.45) is 0 Å². The first-order valence-corrected chi connectivity index (χ1v) is 7.82. The zero-order chi connectivity index (χ0) is 14.9. The predicted octanol–water partition coefficient (Wildman–Crippen LogP) is 3.76. The molecule has 4 rings (SSSR count). The van der Waals surface area contributed by atoms with Crippen molar-refractivity contribution in [3.05, 3.63) is 42.9 Å². The number of fused-ring (bicyclic) bond motifs is 1. The van der Waals surface area contributed by atoms with E-state index in [0.717, 1.165) is 5.75 Å². The third kappa shape index (κ3) is 2.19. The van der Waals surface area contributed by atoms with Crippen LogP contribution in [0.1, 0.15) is 6.92 Å². The van der Waals surface area contributed by atoms with Crippen LogP contribution in [-0.4, -0.2) is 25.3 Å². The molecule has 0 aliphatic carbocycles. The number of thioether (sulfide) groups is 1. The van der Waals surface area contributed by atoms with Gasteiger partial charge in [-0.05, 0) is 30.0 Å². The Morgan fingerprint density at radius 1 is 1.09 bits per heavy atom. The van der Waals surface area contributed by atoms with E-state index in [1.54, 1.807) is 28.8 Å². The van der Waals surface area contributed by atoms with Gasteiger partial charge in [0.2, 0.25) is 5.82 Å². The first-order chi connectivity index (χ1) is 10.8. The zero-order valence-electron chi connectivity index (χ0n) is 11.8. The van der Waals surface area contributed by atoms with Gasteiger partial charge in [0.25, 0.3) is 0 Å². The van der Waals surface area contributed by atoms with Gasteiger partial charge in [-0.15, -0.1) is 0 Å². The predicted molar refractivity (Wildman–Crippen MR) is 82.6 cm³/mol. The number of hydrogen-bond acceptors (Lipinski definition) is 6. The van der Waals surface area contributed by atoms with Gasteiger partial charge in [-0.3, -0.25) is 0 Å². The van der Waals surface area contributed by atoms with Crippen molar-refractivity contribution >= 4 is 17.4 Å². The molecule has 0 unspecified atom stereocenters. The summed E-state index contributed by atoms with van der Waals surface area (Å²) in [6.07, 6.45) is 3.24. The van der Waals surface area contributed by atoms with Gasteiger partial charge in [0, 0.05) is 6.07 Å². The maximum atomic E-state index is 5.48. The highest BCUT2D eigenvalue weighted by molar-refractivity contribution is 7.99. The lowest BCUT2D eigenvalue weighted by Crippen LogP contribution is -2.01. The van der Waals surface area contributed by atoms with Gasteiger partial charge < -0.3 is 8.83 Å². The van der Waals surface area contributed by atoms with Gasteiger partial charge in [0.1, 0.15) is 5.69 Å². The second kappa shape index (κ2) is 5.34. The average Bonchev–Trinajstić information content (AvgIpc) is 3.26. The van der Waals surface area contributed by atoms with Crippen LogP contribution in [0.2, 0.25) is 0 Å². The summed E-state index contributed by atoms with van der Waals surface area (Å²) < 4.78 is 12.6. The Morgan fingerprint density at radius 3 is 2.55 bits per heavy atom. The molecule has 0 amide bonds. The topological polar surface area (TPSA) is 69.4 Å². The molecule has 0 aliphatic heterocycles. The zero-order valence-corrected chi connectivity index (χ0v) is 12.6. The molecule has 0 N–H and O–H groups in total. The van der Waals surface area contributed by atoms with Crippen molar-refractivity contribution in [3.63, 3.8) is 0 Å². The number of furan rings is 2. The molecule has 4 aromatic rings. The van der Waals surface area contributed by atoms with Crippen molar-refractivity contribution in [2.75, 3.05) is 5.75 Å². The molecule has 0 aromatic carbocycles. The molecule has 6 nitrogen and oxygen atoms in total. The Kier molecular flexibility index (Phi) is 3.19. The molecule has 0 aliphatic rings. The van der Waals surface area contributed by atoms with E-state index in [4.69, 9.17) is 8.83 Å². The van der Waals surface area contributed by atoms with E-state index in [0.29, 0.717) is 33.8 Å². The maximum absolute atomic E-state index is 5.48. The van der Waals surface area contributed by atoms with E-state index < -0.39 is 0 Å². The highest BCUT2D eigenvalue weighted by Gasteiger charge is 2.16. The second-order valence-corrected chi connectivity index (χ2v) is 5.75. The standard InChI is InChI=1S/C15H12N4O2S/c1-2-22-15-16-13-9-10(11-5-3-7-20-11)18-19(13)14(17-15)12-6-4-8-21-12/h3-9H,2H2,1H3. The van der Waals surface area contributed by atoms with Crippen LogP contribution in [0.25, 0.3) is 28.7 Å². The van der Waals surface area contributed by atoms with E-state index >= 15 is 0 Å². The summed E-state index contributed by atoms with van der Waals surface area (Å²) in [5.41, 5.74) is 1.43. The number of rotatable bonds is 4. The molecule has 4 aromatic heterocycles. The minimum absolute atomic E-state index is 0.628. The summed E-state index contributed by atoms with van der Waals surface area (Å²) in [7, 11) is 0. The van der Waals surface area contributed by atoms with Crippen LogP contribution in [0.3, 0.4) is 0 Å². The molecule has 0 atom stereocenters. The Bertz CT molecular complexity index is 897. The van der Waals surface area contributed by atoms with E-state index in [-0.39, 0.29) is 0 Å². The van der Waals surface area contributed by atoms with Crippen LogP contribution in [0.15, 0.2) is 56.8 Å². The molecule has 7 heteroatoms. The fourth-order valence-corrected chi connectivity index (χ4v) is 2.74. The van der Waals surface area contributed by atoms with Crippen LogP contribution >= 0.6 is 11.8 Å². The SMILES string of the molecule is CCSc1nc(-c2ccco2)n2nc(-c3ccco3)cc2n1. The van der Waals surface area contributed by atoms with Crippen LogP contribution in [0.5, 0.6) is 0 Å². The monoisotopic (exact) mass is 312 g/mol. The molecule has 0 bridgehead atoms. The van der Waals surface area contributed by atoms with Crippen molar-refractivity contribution in [2.45, 2.75) is 12.1 Å². The molecule has 0 fully saturated rings. The molecule has 110 valence electrons. The highest BCUT2D eigenvalue weighted by Crippen LogP contribution is 2.26. The van der Waals surface area contributed by atoms with E-state index in [1.807, 2.05) is 30.3 Å². The summed E-state index contributed by atoms with van der Waals surface area (Å²) in [6, 6.07) is 9.26. The lowest BCUT2D eigenvalue weighted by molar-refractivity contribution is 0.570. The fraction of sp³-hybridized carbons (Fsp3) is 0.133. The molecule has 0 radical (unpaired) electrons. The third-order valence-corrected chi connectivity index (χ3v) is 3.82. The normalized spacial score (nSPS) is 11.3. The first kappa shape index (κ1) is 13.1. The molecule has 0 saturated carbocycles. The largest absolute Gasteiger partial charge is 0.463 e. The molecule has 0 saturated heterocycles.